The van der Waals surface area contributed by atoms with Crippen LogP contribution in [0.5, 0.6) is 0 Å². The van der Waals surface area contributed by atoms with Crippen molar-refractivity contribution in [3.8, 4) is 11.1 Å². The van der Waals surface area contributed by atoms with E-state index in [2.05, 4.69) is 5.32 Å². The zero-order chi connectivity index (χ0) is 25.5. The van der Waals surface area contributed by atoms with E-state index in [4.69, 9.17) is 0 Å². The van der Waals surface area contributed by atoms with Crippen LogP contribution in [0.4, 0.5) is 26.3 Å². The first-order valence-corrected chi connectivity index (χ1v) is 10.3. The molecule has 3 aromatic carbocycles. The third kappa shape index (κ3) is 4.87. The minimum Gasteiger partial charge on any atom is -0.480 e. The van der Waals surface area contributed by atoms with Gasteiger partial charge in [0.25, 0.3) is 0 Å². The Morgan fingerprint density at radius 3 is 1.69 bits per heavy atom. The highest BCUT2D eigenvalue weighted by Gasteiger charge is 2.40. The summed E-state index contributed by atoms with van der Waals surface area (Å²) in [4.78, 5) is 24.8. The molecule has 3 aromatic rings. The molecule has 0 heterocycles. The Labute approximate surface area is 195 Å². The second-order valence-corrected chi connectivity index (χ2v) is 8.13. The summed E-state index contributed by atoms with van der Waals surface area (Å²) in [6, 6.07) is 13.4. The molecule has 0 saturated heterocycles. The molecule has 0 radical (unpaired) electrons. The highest BCUT2D eigenvalue weighted by atomic mass is 19.4. The van der Waals surface area contributed by atoms with Gasteiger partial charge < -0.3 is 10.4 Å². The molecule has 4 nitrogen and oxygen atoms in total. The lowest BCUT2D eigenvalue weighted by atomic mass is 9.89. The Morgan fingerprint density at radius 1 is 0.800 bits per heavy atom. The molecule has 2 N–H and O–H groups in total. The van der Waals surface area contributed by atoms with Crippen molar-refractivity contribution in [2.45, 2.75) is 30.7 Å². The van der Waals surface area contributed by atoms with Gasteiger partial charge in [0.05, 0.1) is 17.5 Å². The normalized spacial score (nSPS) is 14.2. The number of benzene rings is 3. The number of carbonyl (C=O) groups excluding carboxylic acids is 1. The van der Waals surface area contributed by atoms with E-state index in [1.807, 2.05) is 0 Å². The van der Waals surface area contributed by atoms with Crippen molar-refractivity contribution in [1.82, 2.24) is 5.32 Å². The van der Waals surface area contributed by atoms with Gasteiger partial charge in [0.2, 0.25) is 5.91 Å². The molecule has 0 aliphatic heterocycles. The van der Waals surface area contributed by atoms with Crippen LogP contribution in [0.1, 0.15) is 33.7 Å². The minimum atomic E-state index is -5.06. The zero-order valence-electron chi connectivity index (χ0n) is 17.7. The van der Waals surface area contributed by atoms with Crippen molar-refractivity contribution in [1.29, 1.82) is 0 Å². The molecular formula is C25H17F6NO3. The van der Waals surface area contributed by atoms with Gasteiger partial charge in [-0.25, -0.2) is 4.79 Å². The van der Waals surface area contributed by atoms with E-state index in [0.29, 0.717) is 23.3 Å². The first-order chi connectivity index (χ1) is 16.4. The van der Waals surface area contributed by atoms with Gasteiger partial charge in [0, 0.05) is 5.92 Å². The van der Waals surface area contributed by atoms with Crippen LogP contribution in [0.2, 0.25) is 0 Å². The highest BCUT2D eigenvalue weighted by Crippen LogP contribution is 2.46. The monoisotopic (exact) mass is 493 g/mol. The average Bonchev–Trinajstić information content (AvgIpc) is 3.10. The number of carboxylic acid groups (broad SMARTS) is 1. The summed E-state index contributed by atoms with van der Waals surface area (Å²) < 4.78 is 78.8. The molecular weight excluding hydrogens is 476 g/mol. The summed E-state index contributed by atoms with van der Waals surface area (Å²) in [6.07, 6.45) is -11.0. The molecule has 1 amide bonds. The first-order valence-electron chi connectivity index (χ1n) is 10.3. The predicted octanol–water partition coefficient (Wildman–Crippen LogP) is 5.65. The molecule has 35 heavy (non-hydrogen) atoms. The second kappa shape index (κ2) is 8.75. The van der Waals surface area contributed by atoms with Gasteiger partial charge in [-0.1, -0.05) is 48.5 Å². The number of carboxylic acids is 1. The average molecular weight is 493 g/mol. The Hall–Kier alpha value is -3.82. The zero-order valence-corrected chi connectivity index (χ0v) is 17.7. The molecule has 0 unspecified atom stereocenters. The number of hydrogen-bond donors (Lipinski definition) is 2. The number of amides is 1. The van der Waals surface area contributed by atoms with Gasteiger partial charge in [0.15, 0.2) is 0 Å². The summed E-state index contributed by atoms with van der Waals surface area (Å²) in [5.41, 5.74) is -0.810. The van der Waals surface area contributed by atoms with Crippen LogP contribution in [0.25, 0.3) is 11.1 Å². The number of nitrogens with one attached hydrogen (secondary N) is 1. The van der Waals surface area contributed by atoms with Crippen LogP contribution in [-0.4, -0.2) is 23.0 Å². The molecule has 1 aliphatic carbocycles. The van der Waals surface area contributed by atoms with E-state index >= 15 is 0 Å². The van der Waals surface area contributed by atoms with E-state index in [9.17, 15) is 41.0 Å². The quantitative estimate of drug-likeness (QED) is 0.452. The third-order valence-corrected chi connectivity index (χ3v) is 5.81. The fraction of sp³-hybridized carbons (Fsp3) is 0.200. The predicted molar refractivity (Wildman–Crippen MR) is 113 cm³/mol. The van der Waals surface area contributed by atoms with Gasteiger partial charge in [-0.05, 0) is 46.0 Å². The van der Waals surface area contributed by atoms with Crippen LogP contribution < -0.4 is 5.32 Å². The molecule has 10 heteroatoms. The number of alkyl halides is 6. The number of fused-ring (bicyclic) bond motifs is 3. The highest BCUT2D eigenvalue weighted by molar-refractivity contribution is 5.89. The number of halogens is 6. The molecule has 0 bridgehead atoms. The molecule has 0 fully saturated rings. The fourth-order valence-corrected chi connectivity index (χ4v) is 4.37. The lowest BCUT2D eigenvalue weighted by Crippen LogP contribution is -2.45. The number of aliphatic carboxylic acids is 1. The standard InChI is InChI=1S/C25H17F6NO3/c26-24(27,28)14-9-13(10-15(12-14)25(29,30)31)11-20(33)32-22(23(34)35)21-18-7-3-1-5-16(18)17-6-2-4-8-19(17)21/h1-10,12,21-22H,11H2,(H,32,33)(H,34,35)/t22-/m1/s1. The van der Waals surface area contributed by atoms with Crippen molar-refractivity contribution in [3.63, 3.8) is 0 Å². The number of carbonyl (C=O) groups is 2. The summed E-state index contributed by atoms with van der Waals surface area (Å²) in [6.45, 7) is 0. The molecule has 4 rings (SSSR count). The Balaban J connectivity index is 1.65. The van der Waals surface area contributed by atoms with E-state index < -0.39 is 59.3 Å². The van der Waals surface area contributed by atoms with Gasteiger partial charge in [-0.3, -0.25) is 4.79 Å². The van der Waals surface area contributed by atoms with Crippen molar-refractivity contribution in [3.05, 3.63) is 94.5 Å². The third-order valence-electron chi connectivity index (χ3n) is 5.81. The van der Waals surface area contributed by atoms with E-state index in [1.54, 1.807) is 48.5 Å². The second-order valence-electron chi connectivity index (χ2n) is 8.13. The number of hydrogen-bond acceptors (Lipinski definition) is 2. The SMILES string of the molecule is O=C(Cc1cc(C(F)(F)F)cc(C(F)(F)F)c1)N[C@@H](C(=O)O)C1c2ccccc2-c2ccccc21. The smallest absolute Gasteiger partial charge is 0.416 e. The minimum absolute atomic E-state index is 0.0339. The summed E-state index contributed by atoms with van der Waals surface area (Å²) in [5, 5.41) is 12.2. The lowest BCUT2D eigenvalue weighted by molar-refractivity contribution is -0.143. The Morgan fingerprint density at radius 2 is 1.26 bits per heavy atom. The molecule has 1 aliphatic rings. The largest absolute Gasteiger partial charge is 0.480 e. The number of rotatable bonds is 5. The molecule has 0 aromatic heterocycles. The van der Waals surface area contributed by atoms with Crippen LogP contribution >= 0.6 is 0 Å². The molecule has 1 atom stereocenters. The van der Waals surface area contributed by atoms with E-state index in [-0.39, 0.29) is 6.07 Å². The van der Waals surface area contributed by atoms with E-state index in [1.165, 1.54) is 0 Å². The topological polar surface area (TPSA) is 66.4 Å². The molecule has 0 spiro atoms. The van der Waals surface area contributed by atoms with Gasteiger partial charge in [-0.2, -0.15) is 26.3 Å². The Kier molecular flexibility index (Phi) is 6.08. The first kappa shape index (κ1) is 24.3. The molecule has 182 valence electrons. The fourth-order valence-electron chi connectivity index (χ4n) is 4.37. The van der Waals surface area contributed by atoms with Crippen LogP contribution in [0.3, 0.4) is 0 Å². The van der Waals surface area contributed by atoms with Crippen molar-refractivity contribution in [2.75, 3.05) is 0 Å². The van der Waals surface area contributed by atoms with Gasteiger partial charge >= 0.3 is 18.3 Å². The van der Waals surface area contributed by atoms with Gasteiger partial charge in [0.1, 0.15) is 6.04 Å². The van der Waals surface area contributed by atoms with Crippen molar-refractivity contribution >= 4 is 11.9 Å². The van der Waals surface area contributed by atoms with Crippen LogP contribution in [0, 0.1) is 0 Å². The van der Waals surface area contributed by atoms with Crippen molar-refractivity contribution in [2.24, 2.45) is 0 Å². The molecule has 0 saturated carbocycles. The van der Waals surface area contributed by atoms with Crippen molar-refractivity contribution < 1.29 is 41.0 Å². The lowest BCUT2D eigenvalue weighted by Gasteiger charge is -2.23. The van der Waals surface area contributed by atoms with Crippen LogP contribution in [0.15, 0.2) is 66.7 Å². The van der Waals surface area contributed by atoms with Crippen LogP contribution in [-0.2, 0) is 28.4 Å². The van der Waals surface area contributed by atoms with E-state index in [0.717, 1.165) is 11.1 Å². The summed E-state index contributed by atoms with van der Waals surface area (Å²) in [5.74, 6) is -3.21. The van der Waals surface area contributed by atoms with Gasteiger partial charge in [-0.15, -0.1) is 0 Å². The maximum Gasteiger partial charge on any atom is 0.416 e. The summed E-state index contributed by atoms with van der Waals surface area (Å²) >= 11 is 0. The summed E-state index contributed by atoms with van der Waals surface area (Å²) in [7, 11) is 0. The maximum atomic E-state index is 13.1. The maximum absolute atomic E-state index is 13.1. The Bertz CT molecular complexity index is 1220.